The van der Waals surface area contributed by atoms with E-state index in [9.17, 15) is 0 Å². The summed E-state index contributed by atoms with van der Waals surface area (Å²) in [5.74, 6) is 3.13. The van der Waals surface area contributed by atoms with E-state index in [0.29, 0.717) is 22.9 Å². The predicted octanol–water partition coefficient (Wildman–Crippen LogP) is 8.43. The normalized spacial score (nSPS) is 38.3. The molecule has 4 aliphatic rings. The number of ether oxygens (including phenoxy) is 1. The Labute approximate surface area is 212 Å². The van der Waals surface area contributed by atoms with Gasteiger partial charge in [0.15, 0.2) is 0 Å². The van der Waals surface area contributed by atoms with Crippen LogP contribution in [-0.2, 0) is 4.74 Å². The van der Waals surface area contributed by atoms with Gasteiger partial charge in [0.05, 0.1) is 6.10 Å². The molecule has 4 aliphatic carbocycles. The van der Waals surface area contributed by atoms with E-state index < -0.39 is 0 Å². The first-order valence-corrected chi connectivity index (χ1v) is 14.1. The molecule has 2 heteroatoms. The third kappa shape index (κ3) is 3.57. The summed E-state index contributed by atoms with van der Waals surface area (Å²) in [6.45, 7) is 9.74. The van der Waals surface area contributed by atoms with E-state index in [1.807, 2.05) is 7.11 Å². The molecule has 0 aliphatic heterocycles. The van der Waals surface area contributed by atoms with Crippen LogP contribution in [0.15, 0.2) is 48.0 Å². The Morgan fingerprint density at radius 3 is 2.49 bits per heavy atom. The van der Waals surface area contributed by atoms with Crippen molar-refractivity contribution in [3.8, 4) is 11.1 Å². The summed E-state index contributed by atoms with van der Waals surface area (Å²) in [7, 11) is 1.90. The van der Waals surface area contributed by atoms with Crippen molar-refractivity contribution in [1.29, 1.82) is 0 Å². The number of fused-ring (bicyclic) bond motifs is 5. The standard InChI is InChI=1S/C33H43NO/c1-21-19-30(34-22(2)31(21)23-9-7-6-8-10-23)29-14-13-27-26-12-11-24-20-25(35-5)15-17-32(24,3)28(26)16-18-33(27,29)4/h6-11,19,25-29H,12-18,20H2,1-5H3/t25-,26-,27-,28-,29+,32-,33-/m0/s1. The average Bonchev–Trinajstić information content (AvgIpc) is 3.21. The van der Waals surface area contributed by atoms with Gasteiger partial charge >= 0.3 is 0 Å². The molecule has 0 bridgehead atoms. The van der Waals surface area contributed by atoms with Gasteiger partial charge in [0, 0.05) is 30.0 Å². The van der Waals surface area contributed by atoms with Gasteiger partial charge in [-0.3, -0.25) is 4.98 Å². The molecule has 0 saturated heterocycles. The highest BCUT2D eigenvalue weighted by Gasteiger charge is 2.59. The molecular formula is C33H43NO. The molecule has 1 aromatic carbocycles. The van der Waals surface area contributed by atoms with Gasteiger partial charge < -0.3 is 4.74 Å². The Balaban J connectivity index is 1.30. The summed E-state index contributed by atoms with van der Waals surface area (Å²) >= 11 is 0. The molecule has 186 valence electrons. The fraction of sp³-hybridized carbons (Fsp3) is 0.606. The van der Waals surface area contributed by atoms with Gasteiger partial charge in [-0.05, 0) is 111 Å². The van der Waals surface area contributed by atoms with Crippen LogP contribution in [0.3, 0.4) is 0 Å². The Bertz CT molecular complexity index is 1110. The maximum Gasteiger partial charge on any atom is 0.0608 e. The maximum absolute atomic E-state index is 5.78. The van der Waals surface area contributed by atoms with Gasteiger partial charge in [-0.2, -0.15) is 0 Å². The Hall–Kier alpha value is -1.93. The summed E-state index contributed by atoms with van der Waals surface area (Å²) in [6.07, 6.45) is 13.5. The molecule has 1 aromatic heterocycles. The molecule has 6 rings (SSSR count). The van der Waals surface area contributed by atoms with Crippen molar-refractivity contribution in [3.63, 3.8) is 0 Å². The van der Waals surface area contributed by atoms with Gasteiger partial charge in [-0.25, -0.2) is 0 Å². The fourth-order valence-electron chi connectivity index (χ4n) is 9.40. The summed E-state index contributed by atoms with van der Waals surface area (Å²) in [5.41, 5.74) is 9.06. The van der Waals surface area contributed by atoms with Crippen LogP contribution in [0.25, 0.3) is 11.1 Å². The highest BCUT2D eigenvalue weighted by Crippen LogP contribution is 2.68. The number of hydrogen-bond donors (Lipinski definition) is 0. The number of allylic oxidation sites excluding steroid dienone is 1. The average molecular weight is 470 g/mol. The minimum Gasteiger partial charge on any atom is -0.381 e. The number of aromatic nitrogens is 1. The van der Waals surface area contributed by atoms with Crippen molar-refractivity contribution in [2.24, 2.45) is 28.6 Å². The minimum absolute atomic E-state index is 0.382. The van der Waals surface area contributed by atoms with Crippen molar-refractivity contribution in [1.82, 2.24) is 4.98 Å². The molecule has 2 nitrogen and oxygen atoms in total. The first-order valence-electron chi connectivity index (χ1n) is 14.1. The van der Waals surface area contributed by atoms with E-state index in [1.54, 1.807) is 5.57 Å². The highest BCUT2D eigenvalue weighted by molar-refractivity contribution is 5.69. The third-order valence-corrected chi connectivity index (χ3v) is 11.2. The van der Waals surface area contributed by atoms with Gasteiger partial charge in [0.1, 0.15) is 0 Å². The quantitative estimate of drug-likeness (QED) is 0.421. The molecule has 35 heavy (non-hydrogen) atoms. The Kier molecular flexibility index (Phi) is 5.75. The minimum atomic E-state index is 0.382. The van der Waals surface area contributed by atoms with E-state index in [2.05, 4.69) is 70.2 Å². The molecular weight excluding hydrogens is 426 g/mol. The second kappa shape index (κ2) is 8.58. The summed E-state index contributed by atoms with van der Waals surface area (Å²) < 4.78 is 5.78. The second-order valence-corrected chi connectivity index (χ2v) is 12.7. The SMILES string of the molecule is CO[C@H]1CC[C@@]2(C)C(=CC[C@H]3[C@@H]4CC[C@H](c5cc(C)c(-c6ccccc6)c(C)n5)[C@@]4(C)CC[C@@H]32)C1. The van der Waals surface area contributed by atoms with Gasteiger partial charge in [0.25, 0.3) is 0 Å². The maximum atomic E-state index is 5.78. The number of methoxy groups -OCH3 is 1. The van der Waals surface area contributed by atoms with Crippen molar-refractivity contribution in [2.45, 2.75) is 91.1 Å². The lowest BCUT2D eigenvalue weighted by molar-refractivity contribution is -0.0455. The molecule has 1 heterocycles. The molecule has 3 fully saturated rings. The highest BCUT2D eigenvalue weighted by atomic mass is 16.5. The molecule has 0 N–H and O–H groups in total. The van der Waals surface area contributed by atoms with Crippen molar-refractivity contribution >= 4 is 0 Å². The van der Waals surface area contributed by atoms with Crippen molar-refractivity contribution in [2.75, 3.05) is 7.11 Å². The summed E-state index contributed by atoms with van der Waals surface area (Å²) in [4.78, 5) is 5.30. The molecule has 2 aromatic rings. The molecule has 3 saturated carbocycles. The zero-order valence-electron chi connectivity index (χ0n) is 22.4. The lowest BCUT2D eigenvalue weighted by Gasteiger charge is -2.58. The number of benzene rings is 1. The predicted molar refractivity (Wildman–Crippen MR) is 144 cm³/mol. The summed E-state index contributed by atoms with van der Waals surface area (Å²) in [5, 5.41) is 0. The fourth-order valence-corrected chi connectivity index (χ4v) is 9.40. The van der Waals surface area contributed by atoms with Gasteiger partial charge in [-0.15, -0.1) is 0 Å². The van der Waals surface area contributed by atoms with Gasteiger partial charge in [-0.1, -0.05) is 55.8 Å². The molecule has 0 radical (unpaired) electrons. The van der Waals surface area contributed by atoms with Crippen LogP contribution in [0.5, 0.6) is 0 Å². The molecule has 0 spiro atoms. The number of aryl methyl sites for hydroxylation is 2. The molecule has 0 amide bonds. The zero-order valence-corrected chi connectivity index (χ0v) is 22.4. The van der Waals surface area contributed by atoms with E-state index in [0.717, 1.165) is 24.2 Å². The van der Waals surface area contributed by atoms with Crippen LogP contribution < -0.4 is 0 Å². The molecule has 7 atom stereocenters. The van der Waals surface area contributed by atoms with Crippen LogP contribution in [0.2, 0.25) is 0 Å². The van der Waals surface area contributed by atoms with Crippen LogP contribution >= 0.6 is 0 Å². The third-order valence-electron chi connectivity index (χ3n) is 11.2. The zero-order chi connectivity index (χ0) is 24.4. The van der Waals surface area contributed by atoms with E-state index in [1.165, 1.54) is 73.0 Å². The summed E-state index contributed by atoms with van der Waals surface area (Å²) in [6, 6.07) is 13.2. The van der Waals surface area contributed by atoms with Crippen molar-refractivity contribution < 1.29 is 4.74 Å². The number of hydrogen-bond acceptors (Lipinski definition) is 2. The topological polar surface area (TPSA) is 22.1 Å². The van der Waals surface area contributed by atoms with Crippen LogP contribution in [-0.4, -0.2) is 18.2 Å². The van der Waals surface area contributed by atoms with Crippen LogP contribution in [0.1, 0.15) is 88.1 Å². The van der Waals surface area contributed by atoms with E-state index >= 15 is 0 Å². The van der Waals surface area contributed by atoms with Crippen LogP contribution in [0, 0.1) is 42.4 Å². The number of nitrogens with zero attached hydrogens (tertiary/aromatic N) is 1. The second-order valence-electron chi connectivity index (χ2n) is 12.7. The monoisotopic (exact) mass is 469 g/mol. The van der Waals surface area contributed by atoms with E-state index in [-0.39, 0.29) is 0 Å². The van der Waals surface area contributed by atoms with Crippen molar-refractivity contribution in [3.05, 3.63) is 65.0 Å². The largest absolute Gasteiger partial charge is 0.381 e. The number of rotatable bonds is 3. The smallest absolute Gasteiger partial charge is 0.0608 e. The van der Waals surface area contributed by atoms with Gasteiger partial charge in [0.2, 0.25) is 0 Å². The lowest BCUT2D eigenvalue weighted by Crippen LogP contribution is -2.50. The first-order chi connectivity index (χ1) is 16.8. The Morgan fingerprint density at radius 1 is 0.943 bits per heavy atom. The number of pyridine rings is 1. The van der Waals surface area contributed by atoms with Crippen LogP contribution in [0.4, 0.5) is 0 Å². The Morgan fingerprint density at radius 2 is 1.74 bits per heavy atom. The first kappa shape index (κ1) is 23.5. The molecule has 0 unspecified atom stereocenters. The van der Waals surface area contributed by atoms with E-state index in [4.69, 9.17) is 9.72 Å². The lowest BCUT2D eigenvalue weighted by atomic mass is 9.47.